The molecule has 11 heteroatoms. The molecule has 1 saturated heterocycles. The Morgan fingerprint density at radius 2 is 2.08 bits per heavy atom. The number of carbonyl (C=O) groups excluding carboxylic acids is 1. The average molecular weight is 357 g/mol. The molecule has 0 saturated carbocycles. The SMILES string of the molecule is Cn1ncc2c(NC(=O)N3C[C@@H](C(F)(F)F)[C@H](C(=O)O)C3)ccnc21. The minimum absolute atomic E-state index is 0.338. The number of carboxylic acid groups (broad SMARTS) is 1. The van der Waals surface area contributed by atoms with Gasteiger partial charge in [-0.15, -0.1) is 0 Å². The maximum atomic E-state index is 13.0. The van der Waals surface area contributed by atoms with Crippen molar-refractivity contribution in [1.29, 1.82) is 0 Å². The van der Waals surface area contributed by atoms with Crippen LogP contribution in [0.4, 0.5) is 23.7 Å². The number of nitrogens with one attached hydrogen (secondary N) is 1. The lowest BCUT2D eigenvalue weighted by atomic mass is 9.96. The number of urea groups is 1. The predicted molar refractivity (Wildman–Crippen MR) is 79.8 cm³/mol. The third kappa shape index (κ3) is 3.08. The zero-order valence-electron chi connectivity index (χ0n) is 13.0. The minimum Gasteiger partial charge on any atom is -0.481 e. The van der Waals surface area contributed by atoms with Crippen LogP contribution in [0.5, 0.6) is 0 Å². The number of pyridine rings is 1. The van der Waals surface area contributed by atoms with Crippen molar-refractivity contribution in [2.75, 3.05) is 18.4 Å². The fourth-order valence-electron chi connectivity index (χ4n) is 2.90. The summed E-state index contributed by atoms with van der Waals surface area (Å²) >= 11 is 0. The van der Waals surface area contributed by atoms with E-state index < -0.39 is 43.1 Å². The number of rotatable bonds is 2. The quantitative estimate of drug-likeness (QED) is 0.852. The molecule has 1 aliphatic heterocycles. The van der Waals surface area contributed by atoms with E-state index in [9.17, 15) is 22.8 Å². The molecule has 2 atom stereocenters. The Labute approximate surface area is 139 Å². The normalized spacial score (nSPS) is 20.9. The summed E-state index contributed by atoms with van der Waals surface area (Å²) in [6.07, 6.45) is -1.78. The lowest BCUT2D eigenvalue weighted by Crippen LogP contribution is -2.35. The summed E-state index contributed by atoms with van der Waals surface area (Å²) in [4.78, 5) is 28.4. The molecule has 2 amide bonds. The Kier molecular flexibility index (Phi) is 4.01. The van der Waals surface area contributed by atoms with Gasteiger partial charge < -0.3 is 15.3 Å². The van der Waals surface area contributed by atoms with E-state index in [4.69, 9.17) is 5.11 Å². The number of hydrogen-bond donors (Lipinski definition) is 2. The van der Waals surface area contributed by atoms with Crippen LogP contribution in [0, 0.1) is 11.8 Å². The third-order valence-corrected chi connectivity index (χ3v) is 4.22. The van der Waals surface area contributed by atoms with Gasteiger partial charge in [0.1, 0.15) is 0 Å². The first-order chi connectivity index (χ1) is 11.7. The number of carboxylic acids is 1. The number of hydrogen-bond acceptors (Lipinski definition) is 4. The molecule has 2 N–H and O–H groups in total. The average Bonchev–Trinajstić information content (AvgIpc) is 3.12. The number of aryl methyl sites for hydroxylation is 1. The van der Waals surface area contributed by atoms with E-state index in [1.807, 2.05) is 0 Å². The number of aliphatic carboxylic acids is 1. The molecule has 134 valence electrons. The molecule has 0 bridgehead atoms. The molecule has 2 aromatic rings. The smallest absolute Gasteiger partial charge is 0.394 e. The molecule has 1 fully saturated rings. The highest BCUT2D eigenvalue weighted by Crippen LogP contribution is 2.38. The Morgan fingerprint density at radius 3 is 2.68 bits per heavy atom. The fourth-order valence-corrected chi connectivity index (χ4v) is 2.90. The summed E-state index contributed by atoms with van der Waals surface area (Å²) < 4.78 is 40.5. The molecule has 0 radical (unpaired) electrons. The highest BCUT2D eigenvalue weighted by Gasteiger charge is 2.53. The third-order valence-electron chi connectivity index (χ3n) is 4.22. The van der Waals surface area contributed by atoms with E-state index in [1.54, 1.807) is 7.05 Å². The maximum absolute atomic E-state index is 13.0. The number of likely N-dealkylation sites (tertiary alicyclic amines) is 1. The Hall–Kier alpha value is -2.85. The van der Waals surface area contributed by atoms with Crippen molar-refractivity contribution < 1.29 is 27.9 Å². The molecule has 3 rings (SSSR count). The lowest BCUT2D eigenvalue weighted by Gasteiger charge is -2.18. The van der Waals surface area contributed by atoms with Crippen LogP contribution in [-0.2, 0) is 11.8 Å². The number of amides is 2. The monoisotopic (exact) mass is 357 g/mol. The van der Waals surface area contributed by atoms with E-state index in [0.29, 0.717) is 16.7 Å². The highest BCUT2D eigenvalue weighted by molar-refractivity contribution is 5.99. The van der Waals surface area contributed by atoms with Crippen LogP contribution in [0.25, 0.3) is 11.0 Å². The van der Waals surface area contributed by atoms with Gasteiger partial charge in [-0.25, -0.2) is 9.78 Å². The van der Waals surface area contributed by atoms with Crippen molar-refractivity contribution in [2.45, 2.75) is 6.18 Å². The summed E-state index contributed by atoms with van der Waals surface area (Å²) in [6, 6.07) is 0.697. The van der Waals surface area contributed by atoms with E-state index >= 15 is 0 Å². The minimum atomic E-state index is -4.69. The van der Waals surface area contributed by atoms with Gasteiger partial charge in [-0.3, -0.25) is 9.48 Å². The molecular formula is C14H14F3N5O3. The molecule has 0 aliphatic carbocycles. The molecule has 3 heterocycles. The second-order valence-electron chi connectivity index (χ2n) is 5.79. The van der Waals surface area contributed by atoms with Gasteiger partial charge in [-0.2, -0.15) is 18.3 Å². The number of alkyl halides is 3. The first-order valence-electron chi connectivity index (χ1n) is 7.30. The van der Waals surface area contributed by atoms with Crippen LogP contribution in [0.1, 0.15) is 0 Å². The summed E-state index contributed by atoms with van der Waals surface area (Å²) in [6.45, 7) is -1.21. The predicted octanol–water partition coefficient (Wildman–Crippen LogP) is 1.70. The Morgan fingerprint density at radius 1 is 1.36 bits per heavy atom. The highest BCUT2D eigenvalue weighted by atomic mass is 19.4. The molecule has 2 aromatic heterocycles. The topological polar surface area (TPSA) is 100 Å². The van der Waals surface area contributed by atoms with Gasteiger partial charge in [0.2, 0.25) is 0 Å². The van der Waals surface area contributed by atoms with Crippen molar-refractivity contribution in [3.63, 3.8) is 0 Å². The second kappa shape index (κ2) is 5.90. The van der Waals surface area contributed by atoms with Gasteiger partial charge in [-0.1, -0.05) is 0 Å². The number of halogens is 3. The zero-order valence-corrected chi connectivity index (χ0v) is 13.0. The molecule has 8 nitrogen and oxygen atoms in total. The molecular weight excluding hydrogens is 343 g/mol. The van der Waals surface area contributed by atoms with Crippen LogP contribution in [-0.4, -0.2) is 56.0 Å². The van der Waals surface area contributed by atoms with E-state index in [1.165, 1.54) is 23.1 Å². The first-order valence-corrected chi connectivity index (χ1v) is 7.30. The number of carbonyl (C=O) groups is 2. The molecule has 25 heavy (non-hydrogen) atoms. The van der Waals surface area contributed by atoms with Crippen LogP contribution >= 0.6 is 0 Å². The van der Waals surface area contributed by atoms with Crippen LogP contribution in [0.2, 0.25) is 0 Å². The number of aromatic nitrogens is 3. The van der Waals surface area contributed by atoms with Gasteiger partial charge in [0.25, 0.3) is 0 Å². The molecule has 0 unspecified atom stereocenters. The van der Waals surface area contributed by atoms with Gasteiger partial charge in [0.15, 0.2) is 5.65 Å². The van der Waals surface area contributed by atoms with Crippen LogP contribution in [0.3, 0.4) is 0 Å². The van der Waals surface area contributed by atoms with Crippen molar-refractivity contribution >= 4 is 28.7 Å². The standard InChI is InChI=1S/C14H14F3N5O3/c1-21-11-7(4-19-21)10(2-3-18-11)20-13(25)22-5-8(12(23)24)9(6-22)14(15,16)17/h2-4,8-9H,5-6H2,1H3,(H,23,24)(H,18,20,25)/t8-,9-/m1/s1. The van der Waals surface area contributed by atoms with Crippen molar-refractivity contribution in [2.24, 2.45) is 18.9 Å². The van der Waals surface area contributed by atoms with Crippen molar-refractivity contribution in [3.8, 4) is 0 Å². The Bertz CT molecular complexity index is 835. The van der Waals surface area contributed by atoms with E-state index in [2.05, 4.69) is 15.4 Å². The number of anilines is 1. The second-order valence-corrected chi connectivity index (χ2v) is 5.79. The van der Waals surface area contributed by atoms with Crippen molar-refractivity contribution in [1.82, 2.24) is 19.7 Å². The molecule has 0 spiro atoms. The van der Waals surface area contributed by atoms with Crippen LogP contribution in [0.15, 0.2) is 18.5 Å². The lowest BCUT2D eigenvalue weighted by molar-refractivity contribution is -0.187. The van der Waals surface area contributed by atoms with Crippen molar-refractivity contribution in [3.05, 3.63) is 18.5 Å². The number of nitrogens with zero attached hydrogens (tertiary/aromatic N) is 4. The summed E-state index contributed by atoms with van der Waals surface area (Å²) in [5.74, 6) is -5.34. The van der Waals surface area contributed by atoms with Gasteiger partial charge >= 0.3 is 18.2 Å². The molecule has 1 aliphatic rings. The Balaban J connectivity index is 1.80. The summed E-state index contributed by atoms with van der Waals surface area (Å²) in [5.41, 5.74) is 0.834. The fraction of sp³-hybridized carbons (Fsp3) is 0.429. The number of fused-ring (bicyclic) bond motifs is 1. The van der Waals surface area contributed by atoms with Gasteiger partial charge in [-0.05, 0) is 6.07 Å². The summed E-state index contributed by atoms with van der Waals surface area (Å²) in [7, 11) is 1.66. The molecule has 0 aromatic carbocycles. The van der Waals surface area contributed by atoms with E-state index in [0.717, 1.165) is 4.90 Å². The van der Waals surface area contributed by atoms with Gasteiger partial charge in [0, 0.05) is 26.3 Å². The summed E-state index contributed by atoms with van der Waals surface area (Å²) in [5, 5.41) is 16.0. The van der Waals surface area contributed by atoms with Crippen LogP contribution < -0.4 is 5.32 Å². The zero-order chi connectivity index (χ0) is 18.4. The van der Waals surface area contributed by atoms with E-state index in [-0.39, 0.29) is 0 Å². The first kappa shape index (κ1) is 17.0. The van der Waals surface area contributed by atoms with Gasteiger partial charge in [0.05, 0.1) is 29.1 Å². The largest absolute Gasteiger partial charge is 0.481 e. The maximum Gasteiger partial charge on any atom is 0.394 e.